The molecule has 1 aliphatic rings. The minimum absolute atomic E-state index is 0.198. The predicted octanol–water partition coefficient (Wildman–Crippen LogP) is 2.00. The van der Waals surface area contributed by atoms with Crippen molar-refractivity contribution in [2.75, 3.05) is 45.7 Å². The van der Waals surface area contributed by atoms with Crippen molar-refractivity contribution in [1.82, 2.24) is 0 Å². The Kier molecular flexibility index (Phi) is 5.51. The van der Waals surface area contributed by atoms with Crippen molar-refractivity contribution in [3.05, 3.63) is 35.9 Å². The Hall–Kier alpha value is -3.13. The quantitative estimate of drug-likeness (QED) is 0.552. The molecule has 1 aliphatic heterocycles. The highest BCUT2D eigenvalue weighted by Crippen LogP contribution is 2.48. The van der Waals surface area contributed by atoms with Gasteiger partial charge in [0.2, 0.25) is 11.7 Å². The summed E-state index contributed by atoms with van der Waals surface area (Å²) in [6.07, 6.45) is 0. The first-order valence-electron chi connectivity index (χ1n) is 8.68. The number of benzene rings is 2. The molecule has 150 valence electrons. The number of aliphatic hydroxyl groups is 1. The topological polar surface area (TPSA) is 103 Å². The fourth-order valence-corrected chi connectivity index (χ4v) is 3.54. The average molecular weight is 388 g/mol. The molecule has 8 nitrogen and oxygen atoms in total. The molecule has 1 heterocycles. The smallest absolute Gasteiger partial charge is 0.235 e. The van der Waals surface area contributed by atoms with Gasteiger partial charge in [-0.3, -0.25) is 4.79 Å². The highest BCUT2D eigenvalue weighted by Gasteiger charge is 2.49. The Balaban J connectivity index is 2.07. The van der Waals surface area contributed by atoms with Gasteiger partial charge in [-0.2, -0.15) is 0 Å². The number of carbonyl (C=O) groups excluding carboxylic acids is 1. The Bertz CT molecular complexity index is 860. The number of methoxy groups -OCH3 is 4. The van der Waals surface area contributed by atoms with Crippen LogP contribution in [0.4, 0.5) is 11.4 Å². The van der Waals surface area contributed by atoms with E-state index in [0.29, 0.717) is 34.4 Å². The summed E-state index contributed by atoms with van der Waals surface area (Å²) in [6.45, 7) is -0.268. The third-order valence-electron chi connectivity index (χ3n) is 4.93. The van der Waals surface area contributed by atoms with Crippen LogP contribution in [0, 0.1) is 5.92 Å². The van der Waals surface area contributed by atoms with Gasteiger partial charge in [0.15, 0.2) is 11.5 Å². The molecule has 2 aromatic rings. The molecule has 2 aromatic carbocycles. The van der Waals surface area contributed by atoms with Crippen LogP contribution in [-0.2, 0) is 4.79 Å². The Morgan fingerprint density at radius 3 is 2.04 bits per heavy atom. The molecule has 2 atom stereocenters. The first-order valence-corrected chi connectivity index (χ1v) is 8.68. The number of ether oxygens (including phenoxy) is 4. The van der Waals surface area contributed by atoms with Crippen LogP contribution in [0.3, 0.4) is 0 Å². The third kappa shape index (κ3) is 3.05. The van der Waals surface area contributed by atoms with Gasteiger partial charge in [0, 0.05) is 12.1 Å². The van der Waals surface area contributed by atoms with Crippen LogP contribution in [0.25, 0.3) is 0 Å². The summed E-state index contributed by atoms with van der Waals surface area (Å²) < 4.78 is 21.3. The first kappa shape index (κ1) is 19.6. The molecule has 0 unspecified atom stereocenters. The van der Waals surface area contributed by atoms with Gasteiger partial charge in [-0.1, -0.05) is 6.07 Å². The summed E-state index contributed by atoms with van der Waals surface area (Å²) in [5.41, 5.74) is 7.86. The first-order chi connectivity index (χ1) is 13.5. The zero-order valence-electron chi connectivity index (χ0n) is 16.3. The Morgan fingerprint density at radius 2 is 1.57 bits per heavy atom. The fraction of sp³-hybridized carbons (Fsp3) is 0.350. The van der Waals surface area contributed by atoms with Gasteiger partial charge in [0.05, 0.1) is 58.4 Å². The van der Waals surface area contributed by atoms with Crippen LogP contribution in [0.15, 0.2) is 30.3 Å². The Labute approximate surface area is 163 Å². The van der Waals surface area contributed by atoms with Crippen molar-refractivity contribution < 1.29 is 28.8 Å². The van der Waals surface area contributed by atoms with E-state index in [-0.39, 0.29) is 18.6 Å². The van der Waals surface area contributed by atoms with Crippen LogP contribution in [0.1, 0.15) is 11.6 Å². The molecular weight excluding hydrogens is 364 g/mol. The van der Waals surface area contributed by atoms with Crippen molar-refractivity contribution in [2.24, 2.45) is 5.92 Å². The number of nitrogens with two attached hydrogens (primary N) is 1. The number of β-lactam (4-membered cyclic amide) rings is 1. The van der Waals surface area contributed by atoms with E-state index in [0.717, 1.165) is 5.56 Å². The van der Waals surface area contributed by atoms with E-state index < -0.39 is 5.92 Å². The highest BCUT2D eigenvalue weighted by atomic mass is 16.5. The summed E-state index contributed by atoms with van der Waals surface area (Å²) in [4.78, 5) is 14.3. The van der Waals surface area contributed by atoms with E-state index in [1.807, 2.05) is 6.07 Å². The highest BCUT2D eigenvalue weighted by molar-refractivity contribution is 6.04. The molecule has 3 rings (SSSR count). The number of nitrogen functional groups attached to an aromatic ring is 1. The molecule has 1 fully saturated rings. The van der Waals surface area contributed by atoms with Crippen LogP contribution in [0.2, 0.25) is 0 Å². The molecule has 1 amide bonds. The molecule has 0 aromatic heterocycles. The van der Waals surface area contributed by atoms with Crippen molar-refractivity contribution in [3.8, 4) is 23.0 Å². The SMILES string of the molecule is COc1ccc([C@H]2[C@H](CO)C(=O)N2c2cc(OC)c(OC)c(OC)c2)cc1N. The van der Waals surface area contributed by atoms with Gasteiger partial charge >= 0.3 is 0 Å². The number of hydrogen-bond donors (Lipinski definition) is 2. The van der Waals surface area contributed by atoms with E-state index in [1.54, 1.807) is 29.2 Å². The van der Waals surface area contributed by atoms with Gasteiger partial charge in [-0.25, -0.2) is 0 Å². The standard InChI is InChI=1S/C20H24N2O6/c1-25-15-6-5-11(7-14(15)21)18-13(10-23)20(24)22(18)12-8-16(26-2)19(28-4)17(9-12)27-3/h5-9,13,18,23H,10,21H2,1-4H3/t13-,18-/m0/s1. The van der Waals surface area contributed by atoms with Gasteiger partial charge in [-0.15, -0.1) is 0 Å². The fourth-order valence-electron chi connectivity index (χ4n) is 3.54. The lowest BCUT2D eigenvalue weighted by molar-refractivity contribution is -0.132. The van der Waals surface area contributed by atoms with Crippen molar-refractivity contribution in [2.45, 2.75) is 6.04 Å². The summed E-state index contributed by atoms with van der Waals surface area (Å²) in [6, 6.07) is 8.35. The van der Waals surface area contributed by atoms with E-state index in [4.69, 9.17) is 24.7 Å². The lowest BCUT2D eigenvalue weighted by Crippen LogP contribution is -2.56. The zero-order valence-corrected chi connectivity index (χ0v) is 16.3. The number of carbonyl (C=O) groups is 1. The molecule has 0 radical (unpaired) electrons. The molecule has 0 spiro atoms. The molecule has 0 saturated carbocycles. The maximum Gasteiger partial charge on any atom is 0.235 e. The maximum atomic E-state index is 12.7. The van der Waals surface area contributed by atoms with Gasteiger partial charge in [-0.05, 0) is 17.7 Å². The number of anilines is 2. The lowest BCUT2D eigenvalue weighted by atomic mass is 9.82. The van der Waals surface area contributed by atoms with Crippen molar-refractivity contribution in [3.63, 3.8) is 0 Å². The van der Waals surface area contributed by atoms with Crippen LogP contribution in [0.5, 0.6) is 23.0 Å². The summed E-state index contributed by atoms with van der Waals surface area (Å²) in [5.74, 6) is 1.10. The second-order valence-electron chi connectivity index (χ2n) is 6.33. The van der Waals surface area contributed by atoms with Crippen LogP contribution < -0.4 is 29.6 Å². The second-order valence-corrected chi connectivity index (χ2v) is 6.33. The zero-order chi connectivity index (χ0) is 20.4. The third-order valence-corrected chi connectivity index (χ3v) is 4.93. The van der Waals surface area contributed by atoms with Crippen LogP contribution in [-0.4, -0.2) is 46.1 Å². The molecule has 8 heteroatoms. The normalized spacial score (nSPS) is 18.5. The number of rotatable bonds is 7. The minimum atomic E-state index is -0.563. The lowest BCUT2D eigenvalue weighted by Gasteiger charge is -2.47. The van der Waals surface area contributed by atoms with Crippen molar-refractivity contribution >= 4 is 17.3 Å². The second kappa shape index (κ2) is 7.85. The number of aliphatic hydroxyl groups excluding tert-OH is 1. The van der Waals surface area contributed by atoms with E-state index >= 15 is 0 Å². The molecular formula is C20H24N2O6. The molecule has 1 saturated heterocycles. The number of hydrogen-bond acceptors (Lipinski definition) is 7. The number of amides is 1. The molecule has 28 heavy (non-hydrogen) atoms. The minimum Gasteiger partial charge on any atom is -0.495 e. The van der Waals surface area contributed by atoms with Crippen molar-refractivity contribution in [1.29, 1.82) is 0 Å². The summed E-state index contributed by atoms with van der Waals surface area (Å²) in [5, 5.41) is 9.73. The van der Waals surface area contributed by atoms with Gasteiger partial charge < -0.3 is 34.7 Å². The molecule has 0 bridgehead atoms. The maximum absolute atomic E-state index is 12.7. The molecule has 0 aliphatic carbocycles. The van der Waals surface area contributed by atoms with E-state index in [9.17, 15) is 9.90 Å². The predicted molar refractivity (Wildman–Crippen MR) is 104 cm³/mol. The monoisotopic (exact) mass is 388 g/mol. The van der Waals surface area contributed by atoms with Gasteiger partial charge in [0.25, 0.3) is 0 Å². The van der Waals surface area contributed by atoms with E-state index in [1.165, 1.54) is 28.4 Å². The summed E-state index contributed by atoms with van der Waals surface area (Å²) in [7, 11) is 6.07. The Morgan fingerprint density at radius 1 is 0.964 bits per heavy atom. The number of nitrogens with zero attached hydrogens (tertiary/aromatic N) is 1. The van der Waals surface area contributed by atoms with E-state index in [2.05, 4.69) is 0 Å². The van der Waals surface area contributed by atoms with Crippen LogP contribution >= 0.6 is 0 Å². The largest absolute Gasteiger partial charge is 0.495 e. The average Bonchev–Trinajstić information content (AvgIpc) is 2.71. The van der Waals surface area contributed by atoms with Gasteiger partial charge in [0.1, 0.15) is 5.75 Å². The molecule has 3 N–H and O–H groups in total. The summed E-state index contributed by atoms with van der Waals surface area (Å²) >= 11 is 0.